The van der Waals surface area contributed by atoms with Gasteiger partial charge in [0, 0.05) is 6.42 Å². The summed E-state index contributed by atoms with van der Waals surface area (Å²) in [6.45, 7) is 11.3. The molecule has 0 saturated heterocycles. The van der Waals surface area contributed by atoms with Gasteiger partial charge in [-0.1, -0.05) is 74.5 Å². The van der Waals surface area contributed by atoms with Gasteiger partial charge in [-0.2, -0.15) is 0 Å². The first-order chi connectivity index (χ1) is 11.8. The molecular weight excluding hydrogens is 304 g/mol. The summed E-state index contributed by atoms with van der Waals surface area (Å²) < 4.78 is 6.43. The highest BCUT2D eigenvalue weighted by atomic mass is 16.5. The van der Waals surface area contributed by atoms with Crippen LogP contribution in [0.5, 0.6) is 0 Å². The topological polar surface area (TPSA) is 9.23 Å². The van der Waals surface area contributed by atoms with Crippen LogP contribution in [0.1, 0.15) is 58.6 Å². The van der Waals surface area contributed by atoms with Crippen molar-refractivity contribution in [2.24, 2.45) is 5.41 Å². The number of hydrogen-bond donors (Lipinski definition) is 0. The molecule has 0 fully saturated rings. The maximum Gasteiger partial charge on any atom is 0.0670 e. The summed E-state index contributed by atoms with van der Waals surface area (Å²) in [5.41, 5.74) is 2.89. The molecule has 1 nitrogen and oxygen atoms in total. The van der Waals surface area contributed by atoms with Crippen molar-refractivity contribution in [1.29, 1.82) is 0 Å². The zero-order valence-corrected chi connectivity index (χ0v) is 16.6. The molecule has 2 aromatic carbocycles. The lowest BCUT2D eigenvalue weighted by atomic mass is 9.81. The van der Waals surface area contributed by atoms with Crippen LogP contribution in [0.2, 0.25) is 0 Å². The molecule has 1 atom stereocenters. The summed E-state index contributed by atoms with van der Waals surface area (Å²) >= 11 is 0. The van der Waals surface area contributed by atoms with E-state index >= 15 is 0 Å². The predicted molar refractivity (Wildman–Crippen MR) is 108 cm³/mol. The van der Waals surface area contributed by atoms with Crippen molar-refractivity contribution in [1.82, 2.24) is 0 Å². The van der Waals surface area contributed by atoms with Gasteiger partial charge in [-0.25, -0.2) is 0 Å². The Morgan fingerprint density at radius 1 is 0.800 bits per heavy atom. The normalized spacial score (nSPS) is 13.6. The Morgan fingerprint density at radius 3 is 1.88 bits per heavy atom. The Morgan fingerprint density at radius 2 is 1.32 bits per heavy atom. The van der Waals surface area contributed by atoms with E-state index in [4.69, 9.17) is 4.74 Å². The maximum atomic E-state index is 6.43. The summed E-state index contributed by atoms with van der Waals surface area (Å²) in [4.78, 5) is 0. The molecule has 0 spiro atoms. The second kappa shape index (κ2) is 8.67. The first kappa shape index (κ1) is 19.7. The predicted octanol–water partition coefficient (Wildman–Crippen LogP) is 6.46. The van der Waals surface area contributed by atoms with Crippen LogP contribution >= 0.6 is 0 Å². The number of ether oxygens (including phenoxy) is 1. The molecule has 1 heteroatoms. The van der Waals surface area contributed by atoms with Crippen molar-refractivity contribution in [3.8, 4) is 0 Å². The van der Waals surface area contributed by atoms with Crippen molar-refractivity contribution >= 4 is 0 Å². The average molecular weight is 339 g/mol. The zero-order valence-electron chi connectivity index (χ0n) is 16.6. The molecule has 0 aliphatic heterocycles. The van der Waals surface area contributed by atoms with Gasteiger partial charge in [-0.3, -0.25) is 0 Å². The molecule has 0 bridgehead atoms. The van der Waals surface area contributed by atoms with E-state index in [0.29, 0.717) is 0 Å². The Bertz CT molecular complexity index is 613. The van der Waals surface area contributed by atoms with Crippen molar-refractivity contribution < 1.29 is 4.74 Å². The summed E-state index contributed by atoms with van der Waals surface area (Å²) in [6.07, 6.45) is 4.60. The maximum absolute atomic E-state index is 6.43. The molecule has 0 N–H and O–H groups in total. The van der Waals surface area contributed by atoms with E-state index in [-0.39, 0.29) is 17.1 Å². The molecule has 0 aliphatic carbocycles. The Balaban J connectivity index is 1.83. The van der Waals surface area contributed by atoms with Crippen molar-refractivity contribution in [3.05, 3.63) is 71.8 Å². The highest BCUT2D eigenvalue weighted by Crippen LogP contribution is 2.31. The highest BCUT2D eigenvalue weighted by Gasteiger charge is 2.27. The molecule has 0 amide bonds. The average Bonchev–Trinajstić information content (AvgIpc) is 2.53. The third-order valence-corrected chi connectivity index (χ3v) is 4.77. The quantitative estimate of drug-likeness (QED) is 0.509. The van der Waals surface area contributed by atoms with Crippen LogP contribution in [0.15, 0.2) is 60.7 Å². The minimum Gasteiger partial charge on any atom is -0.372 e. The first-order valence-electron chi connectivity index (χ1n) is 9.51. The van der Waals surface area contributed by atoms with E-state index in [9.17, 15) is 0 Å². The van der Waals surface area contributed by atoms with Gasteiger partial charge in [0.1, 0.15) is 0 Å². The molecule has 0 aliphatic rings. The minimum atomic E-state index is -0.143. The second-order valence-corrected chi connectivity index (χ2v) is 8.70. The Kier molecular flexibility index (Phi) is 6.84. The number of benzene rings is 2. The number of aryl methyl sites for hydroxylation is 1. The van der Waals surface area contributed by atoms with Gasteiger partial charge in [-0.05, 0) is 56.6 Å². The van der Waals surface area contributed by atoms with E-state index in [0.717, 1.165) is 19.3 Å². The zero-order chi connectivity index (χ0) is 18.3. The molecule has 0 radical (unpaired) electrons. The molecule has 136 valence electrons. The van der Waals surface area contributed by atoms with E-state index < -0.39 is 0 Å². The third kappa shape index (κ3) is 7.44. The molecule has 0 heterocycles. The minimum absolute atomic E-state index is 0.143. The fourth-order valence-corrected chi connectivity index (χ4v) is 3.72. The summed E-state index contributed by atoms with van der Waals surface area (Å²) in [7, 11) is 0. The van der Waals surface area contributed by atoms with Gasteiger partial charge < -0.3 is 4.74 Å². The molecule has 1 unspecified atom stereocenters. The Labute approximate surface area is 154 Å². The molecule has 2 aromatic rings. The third-order valence-electron chi connectivity index (χ3n) is 4.77. The fraction of sp³-hybridized carbons (Fsp3) is 0.500. The molecule has 0 saturated carbocycles. The van der Waals surface area contributed by atoms with Gasteiger partial charge in [-0.15, -0.1) is 0 Å². The van der Waals surface area contributed by atoms with Gasteiger partial charge >= 0.3 is 0 Å². The molecule has 0 aromatic heterocycles. The smallest absolute Gasteiger partial charge is 0.0670 e. The van der Waals surface area contributed by atoms with Crippen LogP contribution in [-0.4, -0.2) is 11.7 Å². The van der Waals surface area contributed by atoms with Crippen LogP contribution in [0, 0.1) is 5.41 Å². The van der Waals surface area contributed by atoms with Crippen LogP contribution in [0.3, 0.4) is 0 Å². The van der Waals surface area contributed by atoms with E-state index in [1.807, 2.05) is 0 Å². The second-order valence-electron chi connectivity index (χ2n) is 8.70. The van der Waals surface area contributed by atoms with Crippen LogP contribution in [-0.2, 0) is 17.6 Å². The lowest BCUT2D eigenvalue weighted by Crippen LogP contribution is -2.34. The lowest BCUT2D eigenvalue weighted by Gasteiger charge is -2.34. The van der Waals surface area contributed by atoms with Gasteiger partial charge in [0.15, 0.2) is 0 Å². The Hall–Kier alpha value is -1.60. The highest BCUT2D eigenvalue weighted by molar-refractivity contribution is 5.17. The summed E-state index contributed by atoms with van der Waals surface area (Å²) in [5, 5.41) is 0. The van der Waals surface area contributed by atoms with Crippen LogP contribution < -0.4 is 0 Å². The molecular formula is C24H34O. The first-order valence-corrected chi connectivity index (χ1v) is 9.51. The van der Waals surface area contributed by atoms with Gasteiger partial charge in [0.25, 0.3) is 0 Å². The SMILES string of the molecule is CC(CC(C)(C)CCc1ccccc1)OC(C)(C)Cc1ccccc1. The lowest BCUT2D eigenvalue weighted by molar-refractivity contribution is -0.0777. The van der Waals surface area contributed by atoms with Crippen molar-refractivity contribution in [2.45, 2.75) is 72.0 Å². The van der Waals surface area contributed by atoms with Gasteiger partial charge in [0.05, 0.1) is 11.7 Å². The molecule has 2 rings (SSSR count). The van der Waals surface area contributed by atoms with E-state index in [1.165, 1.54) is 17.5 Å². The largest absolute Gasteiger partial charge is 0.372 e. The van der Waals surface area contributed by atoms with Crippen molar-refractivity contribution in [3.63, 3.8) is 0 Å². The summed E-state index contributed by atoms with van der Waals surface area (Å²) in [5.74, 6) is 0. The standard InChI is InChI=1S/C24H34O/c1-20(25-24(4,5)19-22-14-10-7-11-15-22)18-23(2,3)17-16-21-12-8-6-9-13-21/h6-15,20H,16-19H2,1-5H3. The monoisotopic (exact) mass is 338 g/mol. The van der Waals surface area contributed by atoms with Crippen LogP contribution in [0.4, 0.5) is 0 Å². The number of rotatable bonds is 9. The van der Waals surface area contributed by atoms with E-state index in [1.54, 1.807) is 0 Å². The van der Waals surface area contributed by atoms with Gasteiger partial charge in [0.2, 0.25) is 0 Å². The molecule has 25 heavy (non-hydrogen) atoms. The van der Waals surface area contributed by atoms with Crippen LogP contribution in [0.25, 0.3) is 0 Å². The van der Waals surface area contributed by atoms with Crippen molar-refractivity contribution in [2.75, 3.05) is 0 Å². The number of hydrogen-bond acceptors (Lipinski definition) is 1. The summed E-state index contributed by atoms with van der Waals surface area (Å²) in [6, 6.07) is 21.4. The van der Waals surface area contributed by atoms with E-state index in [2.05, 4.69) is 95.3 Å². The fourth-order valence-electron chi connectivity index (χ4n) is 3.72.